The Bertz CT molecular complexity index is 669. The van der Waals surface area contributed by atoms with Gasteiger partial charge in [0.2, 0.25) is 0 Å². The third-order valence-corrected chi connectivity index (χ3v) is 4.78. The van der Waals surface area contributed by atoms with Crippen molar-refractivity contribution in [3.05, 3.63) is 64.1 Å². The van der Waals surface area contributed by atoms with Gasteiger partial charge in [0.25, 0.3) is 0 Å². The second-order valence-corrected chi connectivity index (χ2v) is 6.53. The first-order valence-corrected chi connectivity index (χ1v) is 8.33. The van der Waals surface area contributed by atoms with Crippen LogP contribution in [0.1, 0.15) is 30.0 Å². The van der Waals surface area contributed by atoms with Crippen LogP contribution < -0.4 is 5.32 Å². The van der Waals surface area contributed by atoms with Crippen molar-refractivity contribution in [2.45, 2.75) is 25.8 Å². The standard InChI is InChI=1S/C18H19BrN2O/c1-13-8-10-14(11-9-13)17-7-4-12-21(17)18(22)20-16-6-3-2-5-15(16)19/h2-3,5-6,8-11,17H,4,7,12H2,1H3,(H,20,22)/t17-/m0/s1. The fourth-order valence-electron chi connectivity index (χ4n) is 2.89. The number of urea groups is 1. The Kier molecular flexibility index (Phi) is 4.48. The Labute approximate surface area is 139 Å². The van der Waals surface area contributed by atoms with Crippen molar-refractivity contribution >= 4 is 27.6 Å². The zero-order chi connectivity index (χ0) is 15.5. The number of likely N-dealkylation sites (tertiary alicyclic amines) is 1. The summed E-state index contributed by atoms with van der Waals surface area (Å²) in [4.78, 5) is 14.5. The molecule has 3 nitrogen and oxygen atoms in total. The van der Waals surface area contributed by atoms with E-state index in [4.69, 9.17) is 0 Å². The maximum absolute atomic E-state index is 12.6. The molecule has 1 aliphatic rings. The Morgan fingerprint density at radius 3 is 2.64 bits per heavy atom. The van der Waals surface area contributed by atoms with Crippen LogP contribution in [0.25, 0.3) is 0 Å². The van der Waals surface area contributed by atoms with E-state index in [0.29, 0.717) is 0 Å². The van der Waals surface area contributed by atoms with Gasteiger partial charge in [-0.3, -0.25) is 0 Å². The molecule has 3 rings (SSSR count). The zero-order valence-corrected chi connectivity index (χ0v) is 14.1. The van der Waals surface area contributed by atoms with Gasteiger partial charge in [0.05, 0.1) is 11.7 Å². The van der Waals surface area contributed by atoms with Crippen LogP contribution in [-0.4, -0.2) is 17.5 Å². The predicted molar refractivity (Wildman–Crippen MR) is 93.0 cm³/mol. The maximum Gasteiger partial charge on any atom is 0.322 e. The highest BCUT2D eigenvalue weighted by molar-refractivity contribution is 9.10. The number of para-hydroxylation sites is 1. The van der Waals surface area contributed by atoms with Crippen LogP contribution in [0.5, 0.6) is 0 Å². The van der Waals surface area contributed by atoms with E-state index in [1.165, 1.54) is 11.1 Å². The number of anilines is 1. The van der Waals surface area contributed by atoms with Gasteiger partial charge in [-0.1, -0.05) is 42.0 Å². The molecule has 0 radical (unpaired) electrons. The summed E-state index contributed by atoms with van der Waals surface area (Å²) < 4.78 is 0.898. The molecule has 0 unspecified atom stereocenters. The topological polar surface area (TPSA) is 32.3 Å². The van der Waals surface area contributed by atoms with E-state index in [9.17, 15) is 4.79 Å². The largest absolute Gasteiger partial charge is 0.322 e. The molecule has 2 aromatic rings. The maximum atomic E-state index is 12.6. The summed E-state index contributed by atoms with van der Waals surface area (Å²) in [6, 6.07) is 16.3. The van der Waals surface area contributed by atoms with E-state index in [1.807, 2.05) is 29.2 Å². The first kappa shape index (κ1) is 15.1. The molecule has 2 aromatic carbocycles. The zero-order valence-electron chi connectivity index (χ0n) is 12.6. The van der Waals surface area contributed by atoms with Crippen molar-refractivity contribution in [1.82, 2.24) is 4.90 Å². The van der Waals surface area contributed by atoms with Gasteiger partial charge in [0.15, 0.2) is 0 Å². The third-order valence-electron chi connectivity index (χ3n) is 4.09. The second kappa shape index (κ2) is 6.53. The first-order chi connectivity index (χ1) is 10.6. The number of aryl methyl sites for hydroxylation is 1. The molecule has 1 N–H and O–H groups in total. The summed E-state index contributed by atoms with van der Waals surface area (Å²) in [6.45, 7) is 2.88. The SMILES string of the molecule is Cc1ccc([C@@H]2CCCN2C(=O)Nc2ccccc2Br)cc1. The van der Waals surface area contributed by atoms with Gasteiger partial charge in [0.1, 0.15) is 0 Å². The van der Waals surface area contributed by atoms with Gasteiger partial charge >= 0.3 is 6.03 Å². The average molecular weight is 359 g/mol. The van der Waals surface area contributed by atoms with Crippen LogP contribution in [0.2, 0.25) is 0 Å². The number of halogens is 1. The quantitative estimate of drug-likeness (QED) is 0.792. The fourth-order valence-corrected chi connectivity index (χ4v) is 3.28. The van der Waals surface area contributed by atoms with E-state index < -0.39 is 0 Å². The molecule has 1 heterocycles. The van der Waals surface area contributed by atoms with Crippen molar-refractivity contribution in [3.63, 3.8) is 0 Å². The summed E-state index contributed by atoms with van der Waals surface area (Å²) in [5.41, 5.74) is 3.26. The Morgan fingerprint density at radius 2 is 1.91 bits per heavy atom. The van der Waals surface area contributed by atoms with Crippen LogP contribution >= 0.6 is 15.9 Å². The van der Waals surface area contributed by atoms with Crippen LogP contribution in [0.15, 0.2) is 53.0 Å². The number of amides is 2. The van der Waals surface area contributed by atoms with Crippen molar-refractivity contribution in [3.8, 4) is 0 Å². The van der Waals surface area contributed by atoms with E-state index in [1.54, 1.807) is 0 Å². The molecule has 0 aromatic heterocycles. The van der Waals surface area contributed by atoms with Gasteiger partial charge in [-0.05, 0) is 53.4 Å². The minimum atomic E-state index is -0.0324. The lowest BCUT2D eigenvalue weighted by Gasteiger charge is -2.25. The van der Waals surface area contributed by atoms with E-state index in [-0.39, 0.29) is 12.1 Å². The van der Waals surface area contributed by atoms with Gasteiger partial charge < -0.3 is 10.2 Å². The van der Waals surface area contributed by atoms with E-state index >= 15 is 0 Å². The Hall–Kier alpha value is -1.81. The lowest BCUT2D eigenvalue weighted by atomic mass is 10.0. The number of nitrogens with one attached hydrogen (secondary N) is 1. The van der Waals surface area contributed by atoms with Gasteiger partial charge in [-0.25, -0.2) is 4.79 Å². The third kappa shape index (κ3) is 3.17. The minimum Gasteiger partial charge on any atom is -0.317 e. The molecule has 0 saturated carbocycles. The monoisotopic (exact) mass is 358 g/mol. The molecule has 4 heteroatoms. The molecule has 0 bridgehead atoms. The number of carbonyl (C=O) groups is 1. The van der Waals surface area contributed by atoms with Crippen molar-refractivity contribution < 1.29 is 4.79 Å². The molecular weight excluding hydrogens is 340 g/mol. The molecule has 0 spiro atoms. The second-order valence-electron chi connectivity index (χ2n) is 5.67. The van der Waals surface area contributed by atoms with Gasteiger partial charge in [-0.15, -0.1) is 0 Å². The highest BCUT2D eigenvalue weighted by Gasteiger charge is 2.30. The fraction of sp³-hybridized carbons (Fsp3) is 0.278. The molecular formula is C18H19BrN2O. The van der Waals surface area contributed by atoms with Crippen molar-refractivity contribution in [1.29, 1.82) is 0 Å². The molecule has 1 atom stereocenters. The highest BCUT2D eigenvalue weighted by Crippen LogP contribution is 2.33. The Balaban J connectivity index is 1.76. The van der Waals surface area contributed by atoms with Crippen LogP contribution in [-0.2, 0) is 0 Å². The summed E-state index contributed by atoms with van der Waals surface area (Å²) >= 11 is 3.47. The first-order valence-electron chi connectivity index (χ1n) is 7.54. The number of hydrogen-bond acceptors (Lipinski definition) is 1. The molecule has 1 aliphatic heterocycles. The molecule has 2 amide bonds. The van der Waals surface area contributed by atoms with E-state index in [0.717, 1.165) is 29.5 Å². The molecule has 0 aliphatic carbocycles. The number of carbonyl (C=O) groups excluding carboxylic acids is 1. The molecule has 1 fully saturated rings. The summed E-state index contributed by atoms with van der Waals surface area (Å²) in [7, 11) is 0. The summed E-state index contributed by atoms with van der Waals surface area (Å²) in [5.74, 6) is 0. The van der Waals surface area contributed by atoms with Crippen molar-refractivity contribution in [2.24, 2.45) is 0 Å². The number of nitrogens with zero attached hydrogens (tertiary/aromatic N) is 1. The Morgan fingerprint density at radius 1 is 1.18 bits per heavy atom. The normalized spacial score (nSPS) is 17.5. The lowest BCUT2D eigenvalue weighted by Crippen LogP contribution is -2.34. The predicted octanol–water partition coefficient (Wildman–Crippen LogP) is 5.13. The summed E-state index contributed by atoms with van der Waals surface area (Å²) in [5, 5.41) is 3.00. The highest BCUT2D eigenvalue weighted by atomic mass is 79.9. The van der Waals surface area contributed by atoms with Gasteiger partial charge in [-0.2, -0.15) is 0 Å². The molecule has 114 valence electrons. The summed E-state index contributed by atoms with van der Waals surface area (Å²) in [6.07, 6.45) is 2.06. The lowest BCUT2D eigenvalue weighted by molar-refractivity contribution is 0.207. The van der Waals surface area contributed by atoms with Crippen LogP contribution in [0.4, 0.5) is 10.5 Å². The average Bonchev–Trinajstić information content (AvgIpc) is 3.00. The molecule has 1 saturated heterocycles. The minimum absolute atomic E-state index is 0.0324. The number of rotatable bonds is 2. The van der Waals surface area contributed by atoms with Crippen molar-refractivity contribution in [2.75, 3.05) is 11.9 Å². The number of hydrogen-bond donors (Lipinski definition) is 1. The smallest absolute Gasteiger partial charge is 0.317 e. The van der Waals surface area contributed by atoms with Crippen LogP contribution in [0.3, 0.4) is 0 Å². The number of benzene rings is 2. The van der Waals surface area contributed by atoms with E-state index in [2.05, 4.69) is 52.4 Å². The van der Waals surface area contributed by atoms with Gasteiger partial charge in [0, 0.05) is 11.0 Å². The molecule has 22 heavy (non-hydrogen) atoms. The van der Waals surface area contributed by atoms with Crippen LogP contribution in [0, 0.1) is 6.92 Å².